The molecule has 0 aromatic heterocycles. The highest BCUT2D eigenvalue weighted by atomic mass is 16.2. The third-order valence-electron chi connectivity index (χ3n) is 4.90. The molecule has 2 aliphatic heterocycles. The fourth-order valence-electron chi connectivity index (χ4n) is 3.78. The van der Waals surface area contributed by atoms with E-state index in [1.807, 2.05) is 0 Å². The van der Waals surface area contributed by atoms with Crippen LogP contribution in [0.3, 0.4) is 0 Å². The summed E-state index contributed by atoms with van der Waals surface area (Å²) in [6.45, 7) is 6.09. The summed E-state index contributed by atoms with van der Waals surface area (Å²) >= 11 is 0. The van der Waals surface area contributed by atoms with Crippen LogP contribution in [0.5, 0.6) is 0 Å². The minimum Gasteiger partial charge on any atom is -0.342 e. The normalized spacial score (nSPS) is 42.7. The molecule has 1 saturated carbocycles. The summed E-state index contributed by atoms with van der Waals surface area (Å²) in [4.78, 5) is 14.6. The Morgan fingerprint density at radius 2 is 2.00 bits per heavy atom. The van der Waals surface area contributed by atoms with E-state index in [0.717, 1.165) is 44.4 Å². The van der Waals surface area contributed by atoms with Crippen LogP contribution >= 0.6 is 0 Å². The Kier molecular flexibility index (Phi) is 2.46. The van der Waals surface area contributed by atoms with E-state index in [-0.39, 0.29) is 5.41 Å². The van der Waals surface area contributed by atoms with Crippen molar-refractivity contribution in [2.45, 2.75) is 32.6 Å². The van der Waals surface area contributed by atoms with Crippen molar-refractivity contribution in [2.75, 3.05) is 26.2 Å². The standard InChI is InChI=1S/C13H22N2O/c1-13(5-6-14-9-13)12(16)15-7-10-3-2-4-11(10)8-15/h10-11,14H,2-9H2,1H3. The van der Waals surface area contributed by atoms with E-state index < -0.39 is 0 Å². The van der Waals surface area contributed by atoms with Crippen molar-refractivity contribution in [1.82, 2.24) is 10.2 Å². The lowest BCUT2D eigenvalue weighted by atomic mass is 9.88. The van der Waals surface area contributed by atoms with Crippen molar-refractivity contribution in [3.63, 3.8) is 0 Å². The zero-order valence-electron chi connectivity index (χ0n) is 10.2. The van der Waals surface area contributed by atoms with Crippen molar-refractivity contribution < 1.29 is 4.79 Å². The van der Waals surface area contributed by atoms with Crippen molar-refractivity contribution in [3.8, 4) is 0 Å². The zero-order chi connectivity index (χ0) is 11.2. The number of fused-ring (bicyclic) bond motifs is 1. The monoisotopic (exact) mass is 222 g/mol. The van der Waals surface area contributed by atoms with Gasteiger partial charge in [-0.15, -0.1) is 0 Å². The second-order valence-corrected chi connectivity index (χ2v) is 6.15. The number of carbonyl (C=O) groups is 1. The van der Waals surface area contributed by atoms with Crippen molar-refractivity contribution in [3.05, 3.63) is 0 Å². The molecule has 3 heteroatoms. The van der Waals surface area contributed by atoms with E-state index in [1.54, 1.807) is 0 Å². The lowest BCUT2D eigenvalue weighted by molar-refractivity contribution is -0.139. The number of nitrogens with one attached hydrogen (secondary N) is 1. The maximum atomic E-state index is 12.5. The van der Waals surface area contributed by atoms with Gasteiger partial charge >= 0.3 is 0 Å². The summed E-state index contributed by atoms with van der Waals surface area (Å²) in [5.74, 6) is 2.05. The number of rotatable bonds is 1. The molecule has 1 aliphatic carbocycles. The van der Waals surface area contributed by atoms with Gasteiger partial charge in [0.05, 0.1) is 5.41 Å². The molecule has 0 radical (unpaired) electrons. The Morgan fingerprint density at radius 1 is 1.31 bits per heavy atom. The molecular formula is C13H22N2O. The molecule has 16 heavy (non-hydrogen) atoms. The highest BCUT2D eigenvalue weighted by Crippen LogP contribution is 2.39. The first kappa shape index (κ1) is 10.6. The summed E-state index contributed by atoms with van der Waals surface area (Å²) in [5.41, 5.74) is -0.112. The van der Waals surface area contributed by atoms with E-state index >= 15 is 0 Å². The smallest absolute Gasteiger partial charge is 0.229 e. The van der Waals surface area contributed by atoms with Crippen LogP contribution in [0.1, 0.15) is 32.6 Å². The summed E-state index contributed by atoms with van der Waals surface area (Å²) in [7, 11) is 0. The van der Waals surface area contributed by atoms with Gasteiger partial charge in [0.1, 0.15) is 0 Å². The lowest BCUT2D eigenvalue weighted by Crippen LogP contribution is -2.42. The molecule has 0 bridgehead atoms. The Morgan fingerprint density at radius 3 is 2.56 bits per heavy atom. The molecule has 1 N–H and O–H groups in total. The minimum atomic E-state index is -0.112. The Labute approximate surface area is 97.6 Å². The number of hydrogen-bond acceptors (Lipinski definition) is 2. The van der Waals surface area contributed by atoms with E-state index in [4.69, 9.17) is 0 Å². The van der Waals surface area contributed by atoms with Gasteiger partial charge < -0.3 is 10.2 Å². The van der Waals surface area contributed by atoms with Crippen LogP contribution in [0, 0.1) is 17.3 Å². The largest absolute Gasteiger partial charge is 0.342 e. The second kappa shape index (κ2) is 3.73. The Hall–Kier alpha value is -0.570. The average Bonchev–Trinajstić information content (AvgIpc) is 2.90. The average molecular weight is 222 g/mol. The molecule has 3 rings (SSSR count). The van der Waals surface area contributed by atoms with Crippen LogP contribution in [0.2, 0.25) is 0 Å². The molecule has 3 atom stereocenters. The predicted octanol–water partition coefficient (Wildman–Crippen LogP) is 1.24. The maximum absolute atomic E-state index is 12.5. The summed E-state index contributed by atoms with van der Waals surface area (Å²) < 4.78 is 0. The summed E-state index contributed by atoms with van der Waals surface area (Å²) in [5, 5.41) is 3.32. The Bertz CT molecular complexity index is 284. The third-order valence-corrected chi connectivity index (χ3v) is 4.90. The second-order valence-electron chi connectivity index (χ2n) is 6.15. The van der Waals surface area contributed by atoms with Gasteiger partial charge in [-0.05, 0) is 44.6 Å². The molecule has 0 aromatic rings. The van der Waals surface area contributed by atoms with Gasteiger partial charge in [0, 0.05) is 19.6 Å². The molecule has 0 spiro atoms. The number of carbonyl (C=O) groups excluding carboxylic acids is 1. The van der Waals surface area contributed by atoms with Gasteiger partial charge in [-0.1, -0.05) is 6.42 Å². The molecule has 1 amide bonds. The van der Waals surface area contributed by atoms with Gasteiger partial charge in [0.25, 0.3) is 0 Å². The zero-order valence-corrected chi connectivity index (χ0v) is 10.2. The van der Waals surface area contributed by atoms with Crippen LogP contribution in [-0.4, -0.2) is 37.0 Å². The van der Waals surface area contributed by atoms with Crippen LogP contribution in [0.15, 0.2) is 0 Å². The molecule has 2 heterocycles. The fraction of sp³-hybridized carbons (Fsp3) is 0.923. The topological polar surface area (TPSA) is 32.3 Å². The first-order valence-corrected chi connectivity index (χ1v) is 6.69. The maximum Gasteiger partial charge on any atom is 0.229 e. The van der Waals surface area contributed by atoms with Crippen molar-refractivity contribution >= 4 is 5.91 Å². The van der Waals surface area contributed by atoms with Gasteiger partial charge in [-0.3, -0.25) is 4.79 Å². The first-order valence-electron chi connectivity index (χ1n) is 6.69. The number of nitrogens with zero attached hydrogens (tertiary/aromatic N) is 1. The van der Waals surface area contributed by atoms with Crippen LogP contribution in [-0.2, 0) is 4.79 Å². The molecule has 3 unspecified atom stereocenters. The summed E-state index contributed by atoms with van der Waals surface area (Å²) in [6, 6.07) is 0. The highest BCUT2D eigenvalue weighted by Gasteiger charge is 2.44. The molecular weight excluding hydrogens is 200 g/mol. The van der Waals surface area contributed by atoms with Crippen LogP contribution in [0.4, 0.5) is 0 Å². The first-order chi connectivity index (χ1) is 7.69. The SMILES string of the molecule is CC1(C(=O)N2CC3CCCC3C2)CCNC1. The number of likely N-dealkylation sites (tertiary alicyclic amines) is 1. The van der Waals surface area contributed by atoms with Crippen molar-refractivity contribution in [2.24, 2.45) is 17.3 Å². The molecule has 3 fully saturated rings. The van der Waals surface area contributed by atoms with Gasteiger partial charge in [-0.2, -0.15) is 0 Å². The van der Waals surface area contributed by atoms with Gasteiger partial charge in [0.15, 0.2) is 0 Å². The molecule has 90 valence electrons. The predicted molar refractivity (Wildman–Crippen MR) is 63.0 cm³/mol. The molecule has 0 aromatic carbocycles. The van der Waals surface area contributed by atoms with Crippen molar-refractivity contribution in [1.29, 1.82) is 0 Å². The van der Waals surface area contributed by atoms with Crippen LogP contribution < -0.4 is 5.32 Å². The fourth-order valence-corrected chi connectivity index (χ4v) is 3.78. The van der Waals surface area contributed by atoms with Gasteiger partial charge in [-0.25, -0.2) is 0 Å². The highest BCUT2D eigenvalue weighted by molar-refractivity contribution is 5.83. The number of hydrogen-bond donors (Lipinski definition) is 1. The van der Waals surface area contributed by atoms with Gasteiger partial charge in [0.2, 0.25) is 5.91 Å². The minimum absolute atomic E-state index is 0.112. The third kappa shape index (κ3) is 1.56. The Balaban J connectivity index is 1.68. The number of amides is 1. The van der Waals surface area contributed by atoms with E-state index in [1.165, 1.54) is 19.3 Å². The van der Waals surface area contributed by atoms with Crippen LogP contribution in [0.25, 0.3) is 0 Å². The summed E-state index contributed by atoms with van der Waals surface area (Å²) in [6.07, 6.45) is 5.10. The van der Waals surface area contributed by atoms with E-state index in [0.29, 0.717) is 5.91 Å². The van der Waals surface area contributed by atoms with E-state index in [2.05, 4.69) is 17.1 Å². The molecule has 3 nitrogen and oxygen atoms in total. The molecule has 2 saturated heterocycles. The lowest BCUT2D eigenvalue weighted by Gasteiger charge is -2.28. The van der Waals surface area contributed by atoms with E-state index in [9.17, 15) is 4.79 Å². The quantitative estimate of drug-likeness (QED) is 0.724. The molecule has 3 aliphatic rings.